The predicted molar refractivity (Wildman–Crippen MR) is 68.6 cm³/mol. The summed E-state index contributed by atoms with van der Waals surface area (Å²) in [6.07, 6.45) is 0. The van der Waals surface area contributed by atoms with Crippen molar-refractivity contribution in [2.45, 2.75) is 26.3 Å². The summed E-state index contributed by atoms with van der Waals surface area (Å²) in [6, 6.07) is 5.95. The molecule has 2 N–H and O–H groups in total. The molecular weight excluding hydrogens is 230 g/mol. The maximum Gasteiger partial charge on any atom is 0.270 e. The molecule has 0 aromatic heterocycles. The highest BCUT2D eigenvalue weighted by molar-refractivity contribution is 6.23. The van der Waals surface area contributed by atoms with Gasteiger partial charge >= 0.3 is 0 Å². The molecule has 1 amide bonds. The number of amides is 1. The Balaban J connectivity index is 2.56. The molecule has 0 bridgehead atoms. The summed E-state index contributed by atoms with van der Waals surface area (Å²) in [6.45, 7) is 5.60. The van der Waals surface area contributed by atoms with E-state index in [4.69, 9.17) is 0 Å². The number of likely N-dealkylation sites (N-methyl/N-ethyl adjacent to an activating group) is 1. The lowest BCUT2D eigenvalue weighted by molar-refractivity contribution is -0.134. The summed E-state index contributed by atoms with van der Waals surface area (Å²) >= 11 is 0. The monoisotopic (exact) mass is 247 g/mol. The van der Waals surface area contributed by atoms with Crippen molar-refractivity contribution in [1.82, 2.24) is 10.5 Å². The molecule has 0 fully saturated rings. The first kappa shape index (κ1) is 12.7. The number of hydrogen-bond donors (Lipinski definition) is 2. The first-order valence-corrected chi connectivity index (χ1v) is 5.75. The summed E-state index contributed by atoms with van der Waals surface area (Å²) in [5, 5.41) is 14.8. The molecule has 5 nitrogen and oxygen atoms in total. The van der Waals surface area contributed by atoms with E-state index < -0.39 is 5.54 Å². The van der Waals surface area contributed by atoms with E-state index in [0.717, 1.165) is 16.7 Å². The molecule has 0 spiro atoms. The van der Waals surface area contributed by atoms with Gasteiger partial charge in [0, 0.05) is 12.6 Å². The first-order valence-electron chi connectivity index (χ1n) is 5.75. The van der Waals surface area contributed by atoms with Gasteiger partial charge in [0.1, 0.15) is 0 Å². The van der Waals surface area contributed by atoms with Gasteiger partial charge in [-0.1, -0.05) is 29.3 Å². The highest BCUT2D eigenvalue weighted by atomic mass is 16.5. The van der Waals surface area contributed by atoms with E-state index in [1.165, 1.54) is 5.01 Å². The van der Waals surface area contributed by atoms with Gasteiger partial charge in [-0.05, 0) is 20.8 Å². The minimum atomic E-state index is -1.19. The van der Waals surface area contributed by atoms with Gasteiger partial charge < -0.3 is 5.21 Å². The van der Waals surface area contributed by atoms with Gasteiger partial charge in [0.15, 0.2) is 5.54 Å². The largest absolute Gasteiger partial charge is 0.315 e. The molecular formula is C13H17N3O2. The van der Waals surface area contributed by atoms with E-state index in [9.17, 15) is 10.0 Å². The van der Waals surface area contributed by atoms with Crippen LogP contribution in [0, 0.1) is 13.8 Å². The van der Waals surface area contributed by atoms with E-state index in [-0.39, 0.29) is 5.91 Å². The van der Waals surface area contributed by atoms with Crippen LogP contribution in [0.1, 0.15) is 23.6 Å². The van der Waals surface area contributed by atoms with Crippen LogP contribution in [0.2, 0.25) is 0 Å². The molecule has 1 atom stereocenters. The Bertz CT molecular complexity index is 519. The maximum absolute atomic E-state index is 12.0. The second kappa shape index (κ2) is 4.19. The van der Waals surface area contributed by atoms with Crippen molar-refractivity contribution in [3.8, 4) is 0 Å². The van der Waals surface area contributed by atoms with Crippen LogP contribution in [-0.4, -0.2) is 34.4 Å². The summed E-state index contributed by atoms with van der Waals surface area (Å²) in [5.74, 6) is -0.279. The third-order valence-electron chi connectivity index (χ3n) is 3.16. The lowest BCUT2D eigenvalue weighted by atomic mass is 9.90. The summed E-state index contributed by atoms with van der Waals surface area (Å²) in [5.41, 5.74) is 4.46. The molecule has 1 aromatic rings. The molecule has 1 unspecified atom stereocenters. The maximum atomic E-state index is 12.0. The first-order chi connectivity index (χ1) is 8.38. The molecule has 96 valence electrons. The highest BCUT2D eigenvalue weighted by Crippen LogP contribution is 2.24. The number of benzene rings is 1. The van der Waals surface area contributed by atoms with Crippen molar-refractivity contribution in [2.75, 3.05) is 7.05 Å². The number of nitrogens with one attached hydrogen (secondary N) is 1. The number of hydrogen-bond acceptors (Lipinski definition) is 4. The van der Waals surface area contributed by atoms with Crippen LogP contribution >= 0.6 is 0 Å². The molecule has 0 saturated heterocycles. The average molecular weight is 247 g/mol. The summed E-state index contributed by atoms with van der Waals surface area (Å²) in [7, 11) is 1.58. The normalized spacial score (nSPS) is 23.5. The van der Waals surface area contributed by atoms with Crippen LogP contribution in [0.4, 0.5) is 0 Å². The van der Waals surface area contributed by atoms with Crippen molar-refractivity contribution in [2.24, 2.45) is 5.10 Å². The predicted octanol–water partition coefficient (Wildman–Crippen LogP) is 1.22. The van der Waals surface area contributed by atoms with Crippen molar-refractivity contribution in [1.29, 1.82) is 0 Å². The average Bonchev–Trinajstić information content (AvgIpc) is 2.53. The Morgan fingerprint density at radius 2 is 1.83 bits per heavy atom. The fourth-order valence-corrected chi connectivity index (χ4v) is 2.28. The van der Waals surface area contributed by atoms with Crippen LogP contribution in [0.3, 0.4) is 0 Å². The molecule has 1 aromatic carbocycles. The van der Waals surface area contributed by atoms with E-state index >= 15 is 0 Å². The van der Waals surface area contributed by atoms with Crippen LogP contribution in [-0.2, 0) is 4.79 Å². The van der Waals surface area contributed by atoms with Gasteiger partial charge in [-0.2, -0.15) is 10.6 Å². The molecule has 0 radical (unpaired) electrons. The summed E-state index contributed by atoms with van der Waals surface area (Å²) in [4.78, 5) is 12.0. The molecule has 2 rings (SSSR count). The Morgan fingerprint density at radius 3 is 2.33 bits per heavy atom. The van der Waals surface area contributed by atoms with Crippen LogP contribution in [0.25, 0.3) is 0 Å². The molecule has 18 heavy (non-hydrogen) atoms. The number of carbonyl (C=O) groups is 1. The van der Waals surface area contributed by atoms with Crippen molar-refractivity contribution >= 4 is 11.6 Å². The van der Waals surface area contributed by atoms with E-state index in [0.29, 0.717) is 5.71 Å². The van der Waals surface area contributed by atoms with Gasteiger partial charge in [0.25, 0.3) is 5.91 Å². The van der Waals surface area contributed by atoms with Crippen molar-refractivity contribution in [3.05, 3.63) is 34.9 Å². The van der Waals surface area contributed by atoms with Gasteiger partial charge in [-0.15, -0.1) is 0 Å². The molecule has 1 aliphatic rings. The Kier molecular flexibility index (Phi) is 2.96. The number of nitrogens with zero attached hydrogens (tertiary/aromatic N) is 2. The Hall–Kier alpha value is -1.72. The molecule has 1 aliphatic heterocycles. The number of rotatable bonds is 2. The third kappa shape index (κ3) is 1.81. The zero-order valence-corrected chi connectivity index (χ0v) is 11.0. The van der Waals surface area contributed by atoms with E-state index in [1.54, 1.807) is 14.0 Å². The molecule has 5 heteroatoms. The molecule has 1 heterocycles. The number of hydrazone groups is 1. The Labute approximate surface area is 106 Å². The van der Waals surface area contributed by atoms with Crippen molar-refractivity contribution < 1.29 is 10.0 Å². The lowest BCUT2D eigenvalue weighted by Crippen LogP contribution is -2.53. The van der Waals surface area contributed by atoms with Gasteiger partial charge in [-0.25, -0.2) is 5.01 Å². The Morgan fingerprint density at radius 1 is 1.28 bits per heavy atom. The zero-order valence-electron chi connectivity index (χ0n) is 11.0. The van der Waals surface area contributed by atoms with E-state index in [1.807, 2.05) is 32.0 Å². The zero-order chi connectivity index (χ0) is 13.5. The lowest BCUT2D eigenvalue weighted by Gasteiger charge is -2.22. The van der Waals surface area contributed by atoms with Gasteiger partial charge in [0.2, 0.25) is 0 Å². The van der Waals surface area contributed by atoms with Crippen LogP contribution in [0.5, 0.6) is 0 Å². The SMILES string of the molecule is Cc1cc(C)cc(C2=NN(C)C(=O)C2(C)NO)c1. The number of carbonyl (C=O) groups excluding carboxylic acids is 1. The molecule has 0 saturated carbocycles. The van der Waals surface area contributed by atoms with Crippen molar-refractivity contribution in [3.63, 3.8) is 0 Å². The number of hydroxylamine groups is 1. The smallest absolute Gasteiger partial charge is 0.270 e. The second-order valence-corrected chi connectivity index (χ2v) is 4.89. The number of aryl methyl sites for hydroxylation is 2. The highest BCUT2D eigenvalue weighted by Gasteiger charge is 2.46. The van der Waals surface area contributed by atoms with Gasteiger partial charge in [0.05, 0.1) is 5.71 Å². The van der Waals surface area contributed by atoms with E-state index in [2.05, 4.69) is 10.6 Å². The fourth-order valence-electron chi connectivity index (χ4n) is 2.28. The minimum Gasteiger partial charge on any atom is -0.315 e. The summed E-state index contributed by atoms with van der Waals surface area (Å²) < 4.78 is 0. The fraction of sp³-hybridized carbons (Fsp3) is 0.385. The van der Waals surface area contributed by atoms with Crippen LogP contribution < -0.4 is 5.48 Å². The topological polar surface area (TPSA) is 64.9 Å². The standard InChI is InChI=1S/C13H17N3O2/c1-8-5-9(2)7-10(6-8)11-13(3,15-18)12(17)16(4)14-11/h5-7,15,18H,1-4H3. The van der Waals surface area contributed by atoms with Gasteiger partial charge in [-0.3, -0.25) is 4.79 Å². The third-order valence-corrected chi connectivity index (χ3v) is 3.16. The second-order valence-electron chi connectivity index (χ2n) is 4.89. The molecule has 0 aliphatic carbocycles. The quantitative estimate of drug-likeness (QED) is 0.772. The minimum absolute atomic E-state index is 0.279. The van der Waals surface area contributed by atoms with Crippen LogP contribution in [0.15, 0.2) is 23.3 Å².